The number of aromatic carboxylic acids is 1. The summed E-state index contributed by atoms with van der Waals surface area (Å²) >= 11 is 0. The average Bonchev–Trinajstić information content (AvgIpc) is 2.75. The summed E-state index contributed by atoms with van der Waals surface area (Å²) in [7, 11) is 1.74. The van der Waals surface area contributed by atoms with Gasteiger partial charge in [-0.15, -0.1) is 5.10 Å². The molecule has 1 aromatic rings. The molecule has 1 rings (SSSR count). The van der Waals surface area contributed by atoms with Gasteiger partial charge >= 0.3 is 5.97 Å². The van der Waals surface area contributed by atoms with E-state index in [1.807, 2.05) is 6.92 Å². The lowest BCUT2D eigenvalue weighted by molar-refractivity contribution is -0.132. The smallest absolute Gasteiger partial charge is 0.358 e. The first-order valence-corrected chi connectivity index (χ1v) is 6.20. The van der Waals surface area contributed by atoms with Gasteiger partial charge in [0.1, 0.15) is 6.54 Å². The Balaban J connectivity index is 2.60. The van der Waals surface area contributed by atoms with Crippen LogP contribution in [0.3, 0.4) is 0 Å². The zero-order chi connectivity index (χ0) is 14.6. The van der Waals surface area contributed by atoms with Gasteiger partial charge in [-0.2, -0.15) is 0 Å². The maximum Gasteiger partial charge on any atom is 0.358 e. The fourth-order valence-electron chi connectivity index (χ4n) is 1.81. The van der Waals surface area contributed by atoms with Crippen LogP contribution in [0, 0.1) is 5.92 Å². The molecule has 1 atom stereocenters. The minimum Gasteiger partial charge on any atom is -0.476 e. The van der Waals surface area contributed by atoms with Gasteiger partial charge in [-0.1, -0.05) is 19.1 Å². The first kappa shape index (κ1) is 15.1. The summed E-state index contributed by atoms with van der Waals surface area (Å²) in [4.78, 5) is 24.3. The van der Waals surface area contributed by atoms with Gasteiger partial charge in [0, 0.05) is 13.1 Å². The molecule has 0 aliphatic rings. The Hall–Kier alpha value is -1.92. The van der Waals surface area contributed by atoms with E-state index in [0.29, 0.717) is 5.92 Å². The molecule has 0 radical (unpaired) electrons. The second-order valence-electron chi connectivity index (χ2n) is 5.09. The molecule has 19 heavy (non-hydrogen) atoms. The van der Waals surface area contributed by atoms with Gasteiger partial charge in [0.25, 0.3) is 0 Å². The number of nitrogens with zero attached hydrogens (tertiary/aromatic N) is 4. The van der Waals surface area contributed by atoms with Crippen LogP contribution in [-0.2, 0) is 11.3 Å². The van der Waals surface area contributed by atoms with Crippen molar-refractivity contribution >= 4 is 11.9 Å². The van der Waals surface area contributed by atoms with E-state index in [4.69, 9.17) is 5.11 Å². The molecular weight excluding hydrogens is 248 g/mol. The molecule has 1 amide bonds. The van der Waals surface area contributed by atoms with E-state index in [2.05, 4.69) is 24.2 Å². The predicted molar refractivity (Wildman–Crippen MR) is 68.7 cm³/mol. The molecule has 0 fully saturated rings. The highest BCUT2D eigenvalue weighted by Crippen LogP contribution is 2.10. The number of carbonyl (C=O) groups excluding carboxylic acids is 1. The molecule has 0 aliphatic carbocycles. The van der Waals surface area contributed by atoms with Crippen LogP contribution < -0.4 is 0 Å². The second-order valence-corrected chi connectivity index (χ2v) is 5.09. The number of hydrogen-bond donors (Lipinski definition) is 1. The van der Waals surface area contributed by atoms with Crippen LogP contribution in [0.4, 0.5) is 0 Å². The third-order valence-electron chi connectivity index (χ3n) is 2.92. The number of likely N-dealkylation sites (N-methyl/N-ethyl adjacent to an activating group) is 1. The number of amides is 1. The predicted octanol–water partition coefficient (Wildman–Crippen LogP) is 0.869. The minimum atomic E-state index is -1.15. The second kappa shape index (κ2) is 6.31. The highest BCUT2D eigenvalue weighted by Gasteiger charge is 2.18. The maximum atomic E-state index is 12.0. The van der Waals surface area contributed by atoms with E-state index in [-0.39, 0.29) is 24.2 Å². The van der Waals surface area contributed by atoms with Crippen LogP contribution in [0.2, 0.25) is 0 Å². The molecular formula is C12H20N4O3. The van der Waals surface area contributed by atoms with Crippen molar-refractivity contribution in [2.75, 3.05) is 7.05 Å². The molecule has 0 saturated carbocycles. The Morgan fingerprint density at radius 3 is 2.53 bits per heavy atom. The molecule has 0 spiro atoms. The van der Waals surface area contributed by atoms with Crippen molar-refractivity contribution in [2.24, 2.45) is 5.92 Å². The number of carboxylic acids is 1. The largest absolute Gasteiger partial charge is 0.476 e. The van der Waals surface area contributed by atoms with Crippen molar-refractivity contribution in [1.82, 2.24) is 19.9 Å². The highest BCUT2D eigenvalue weighted by molar-refractivity contribution is 5.84. The van der Waals surface area contributed by atoms with Gasteiger partial charge in [0.15, 0.2) is 5.69 Å². The lowest BCUT2D eigenvalue weighted by Crippen LogP contribution is -2.38. The molecule has 0 saturated heterocycles. The minimum absolute atomic E-state index is 0.000779. The van der Waals surface area contributed by atoms with Crippen LogP contribution in [0.1, 0.15) is 37.7 Å². The Labute approximate surface area is 112 Å². The third kappa shape index (κ3) is 4.35. The summed E-state index contributed by atoms with van der Waals surface area (Å²) in [6.07, 6.45) is 2.17. The van der Waals surface area contributed by atoms with Crippen LogP contribution in [0.5, 0.6) is 0 Å². The van der Waals surface area contributed by atoms with Gasteiger partial charge < -0.3 is 10.0 Å². The van der Waals surface area contributed by atoms with Gasteiger partial charge in [-0.25, -0.2) is 9.48 Å². The number of carboxylic acid groups (broad SMARTS) is 1. The Morgan fingerprint density at radius 1 is 1.42 bits per heavy atom. The van der Waals surface area contributed by atoms with E-state index < -0.39 is 5.97 Å². The molecule has 1 N–H and O–H groups in total. The molecule has 0 aromatic carbocycles. The van der Waals surface area contributed by atoms with E-state index >= 15 is 0 Å². The Bertz CT molecular complexity index is 456. The molecule has 7 heteroatoms. The summed E-state index contributed by atoms with van der Waals surface area (Å²) in [5.41, 5.74) is -0.161. The van der Waals surface area contributed by atoms with E-state index in [1.54, 1.807) is 11.9 Å². The van der Waals surface area contributed by atoms with E-state index in [1.165, 1.54) is 10.9 Å². The molecule has 1 unspecified atom stereocenters. The van der Waals surface area contributed by atoms with Crippen LogP contribution in [0.25, 0.3) is 0 Å². The van der Waals surface area contributed by atoms with Gasteiger partial charge in [0.2, 0.25) is 5.91 Å². The molecule has 1 heterocycles. The third-order valence-corrected chi connectivity index (χ3v) is 2.92. The fourth-order valence-corrected chi connectivity index (χ4v) is 1.81. The first-order chi connectivity index (χ1) is 8.81. The van der Waals surface area contributed by atoms with Crippen molar-refractivity contribution in [2.45, 2.75) is 39.8 Å². The fraction of sp³-hybridized carbons (Fsp3) is 0.667. The van der Waals surface area contributed by atoms with Crippen molar-refractivity contribution < 1.29 is 14.7 Å². The summed E-state index contributed by atoms with van der Waals surface area (Å²) in [6.45, 7) is 6.19. The van der Waals surface area contributed by atoms with Crippen molar-refractivity contribution in [3.8, 4) is 0 Å². The van der Waals surface area contributed by atoms with Gasteiger partial charge in [-0.3, -0.25) is 4.79 Å². The molecule has 0 bridgehead atoms. The number of rotatable bonds is 6. The van der Waals surface area contributed by atoms with E-state index in [0.717, 1.165) is 6.42 Å². The summed E-state index contributed by atoms with van der Waals surface area (Å²) in [5.74, 6) is -0.759. The Kier molecular flexibility index (Phi) is 5.02. The SMILES string of the molecule is CC(C)CC(C)N(C)C(=O)Cn1cc(C(=O)O)nn1. The Morgan fingerprint density at radius 2 is 2.05 bits per heavy atom. The number of aromatic nitrogens is 3. The molecule has 106 valence electrons. The first-order valence-electron chi connectivity index (χ1n) is 6.20. The molecule has 1 aromatic heterocycles. The lowest BCUT2D eigenvalue weighted by Gasteiger charge is -2.26. The van der Waals surface area contributed by atoms with Gasteiger partial charge in [0.05, 0.1) is 6.20 Å². The van der Waals surface area contributed by atoms with Crippen LogP contribution >= 0.6 is 0 Å². The standard InChI is InChI=1S/C12H20N4O3/c1-8(2)5-9(3)15(4)11(17)7-16-6-10(12(18)19)13-14-16/h6,8-9H,5,7H2,1-4H3,(H,18,19). The summed E-state index contributed by atoms with van der Waals surface area (Å²) < 4.78 is 1.24. The molecule has 7 nitrogen and oxygen atoms in total. The monoisotopic (exact) mass is 268 g/mol. The molecule has 0 aliphatic heterocycles. The number of hydrogen-bond acceptors (Lipinski definition) is 4. The van der Waals surface area contributed by atoms with E-state index in [9.17, 15) is 9.59 Å². The maximum absolute atomic E-state index is 12.0. The van der Waals surface area contributed by atoms with Crippen molar-refractivity contribution in [3.63, 3.8) is 0 Å². The highest BCUT2D eigenvalue weighted by atomic mass is 16.4. The van der Waals surface area contributed by atoms with Gasteiger partial charge in [-0.05, 0) is 19.3 Å². The van der Waals surface area contributed by atoms with Crippen LogP contribution in [0.15, 0.2) is 6.20 Å². The zero-order valence-corrected chi connectivity index (χ0v) is 11.7. The quantitative estimate of drug-likeness (QED) is 0.827. The van der Waals surface area contributed by atoms with Crippen LogP contribution in [-0.4, -0.2) is 50.0 Å². The lowest BCUT2D eigenvalue weighted by atomic mass is 10.0. The average molecular weight is 268 g/mol. The number of carbonyl (C=O) groups is 2. The van der Waals surface area contributed by atoms with Crippen molar-refractivity contribution in [1.29, 1.82) is 0 Å². The normalized spacial score (nSPS) is 12.5. The van der Waals surface area contributed by atoms with Crippen molar-refractivity contribution in [3.05, 3.63) is 11.9 Å². The zero-order valence-electron chi connectivity index (χ0n) is 11.7. The summed E-state index contributed by atoms with van der Waals surface area (Å²) in [5, 5.41) is 15.8. The summed E-state index contributed by atoms with van der Waals surface area (Å²) in [6, 6.07) is 0.134. The topological polar surface area (TPSA) is 88.3 Å².